The Morgan fingerprint density at radius 3 is 2.82 bits per heavy atom. The molecule has 4 heteroatoms. The smallest absolute Gasteiger partial charge is 0.123 e. The van der Waals surface area contributed by atoms with Crippen molar-refractivity contribution in [1.82, 2.24) is 10.6 Å². The molecule has 1 saturated heterocycles. The molecule has 1 aromatic rings. The van der Waals surface area contributed by atoms with Gasteiger partial charge in [-0.15, -0.1) is 0 Å². The molecule has 1 aromatic carbocycles. The van der Waals surface area contributed by atoms with Crippen LogP contribution in [0, 0.1) is 5.82 Å². The van der Waals surface area contributed by atoms with Crippen LogP contribution in [-0.2, 0) is 4.74 Å². The van der Waals surface area contributed by atoms with Crippen LogP contribution in [0.25, 0.3) is 0 Å². The van der Waals surface area contributed by atoms with Crippen LogP contribution in [-0.4, -0.2) is 32.8 Å². The second kappa shape index (κ2) is 6.10. The van der Waals surface area contributed by atoms with Gasteiger partial charge in [0.2, 0.25) is 0 Å². The highest BCUT2D eigenvalue weighted by molar-refractivity contribution is 5.20. The van der Waals surface area contributed by atoms with Crippen LogP contribution in [0.3, 0.4) is 0 Å². The molecule has 0 bridgehead atoms. The average molecular weight is 238 g/mol. The van der Waals surface area contributed by atoms with Crippen molar-refractivity contribution in [2.24, 2.45) is 0 Å². The summed E-state index contributed by atoms with van der Waals surface area (Å²) in [6.07, 6.45) is 1.13. The van der Waals surface area contributed by atoms with Gasteiger partial charge in [-0.1, -0.05) is 12.1 Å². The summed E-state index contributed by atoms with van der Waals surface area (Å²) < 4.78 is 18.5. The summed E-state index contributed by atoms with van der Waals surface area (Å²) in [4.78, 5) is 0. The highest BCUT2D eigenvalue weighted by Gasteiger charge is 2.19. The van der Waals surface area contributed by atoms with Crippen molar-refractivity contribution in [3.63, 3.8) is 0 Å². The first-order valence-corrected chi connectivity index (χ1v) is 6.04. The van der Waals surface area contributed by atoms with E-state index in [-0.39, 0.29) is 18.0 Å². The first-order chi connectivity index (χ1) is 8.29. The van der Waals surface area contributed by atoms with Gasteiger partial charge in [-0.3, -0.25) is 0 Å². The minimum atomic E-state index is -0.195. The van der Waals surface area contributed by atoms with Crippen LogP contribution >= 0.6 is 0 Å². The first kappa shape index (κ1) is 12.5. The lowest BCUT2D eigenvalue weighted by Crippen LogP contribution is -2.40. The molecule has 0 aliphatic carbocycles. The van der Waals surface area contributed by atoms with Crippen molar-refractivity contribution in [2.75, 3.05) is 26.7 Å². The van der Waals surface area contributed by atoms with Gasteiger partial charge in [0.1, 0.15) is 5.82 Å². The SMILES string of the molecule is CNC(CC1CNCCO1)c1ccc(F)cc1. The molecule has 94 valence electrons. The fourth-order valence-corrected chi connectivity index (χ4v) is 2.15. The summed E-state index contributed by atoms with van der Waals surface area (Å²) in [6, 6.07) is 6.86. The molecule has 2 unspecified atom stereocenters. The maximum Gasteiger partial charge on any atom is 0.123 e. The van der Waals surface area contributed by atoms with Crippen LogP contribution in [0.15, 0.2) is 24.3 Å². The monoisotopic (exact) mass is 238 g/mol. The molecule has 3 nitrogen and oxygen atoms in total. The quantitative estimate of drug-likeness (QED) is 0.833. The van der Waals surface area contributed by atoms with Crippen LogP contribution in [0.5, 0.6) is 0 Å². The van der Waals surface area contributed by atoms with Gasteiger partial charge < -0.3 is 15.4 Å². The Bertz CT molecular complexity index is 336. The van der Waals surface area contributed by atoms with E-state index in [1.165, 1.54) is 12.1 Å². The predicted molar refractivity (Wildman–Crippen MR) is 65.4 cm³/mol. The second-order valence-electron chi connectivity index (χ2n) is 4.33. The number of ether oxygens (including phenoxy) is 1. The van der Waals surface area contributed by atoms with Crippen LogP contribution in [0.1, 0.15) is 18.0 Å². The van der Waals surface area contributed by atoms with Crippen molar-refractivity contribution in [1.29, 1.82) is 0 Å². The molecule has 1 aliphatic heterocycles. The van der Waals surface area contributed by atoms with E-state index >= 15 is 0 Å². The third-order valence-corrected chi connectivity index (χ3v) is 3.12. The molecule has 0 saturated carbocycles. The summed E-state index contributed by atoms with van der Waals surface area (Å²) >= 11 is 0. The first-order valence-electron chi connectivity index (χ1n) is 6.04. The lowest BCUT2D eigenvalue weighted by Gasteiger charge is -2.27. The van der Waals surface area contributed by atoms with E-state index in [2.05, 4.69) is 10.6 Å². The zero-order chi connectivity index (χ0) is 12.1. The fourth-order valence-electron chi connectivity index (χ4n) is 2.15. The van der Waals surface area contributed by atoms with Crippen molar-refractivity contribution in [3.8, 4) is 0 Å². The van der Waals surface area contributed by atoms with Crippen molar-refractivity contribution < 1.29 is 9.13 Å². The van der Waals surface area contributed by atoms with E-state index in [4.69, 9.17) is 4.74 Å². The standard InChI is InChI=1S/C13H19FN2O/c1-15-13(8-12-9-16-6-7-17-12)10-2-4-11(14)5-3-10/h2-5,12-13,15-16H,6-9H2,1H3. The largest absolute Gasteiger partial charge is 0.376 e. The predicted octanol–water partition coefficient (Wildman–Crippen LogP) is 1.46. The van der Waals surface area contributed by atoms with Gasteiger partial charge in [-0.2, -0.15) is 0 Å². The van der Waals surface area contributed by atoms with Gasteiger partial charge in [-0.05, 0) is 31.2 Å². The minimum Gasteiger partial charge on any atom is -0.376 e. The van der Waals surface area contributed by atoms with E-state index in [0.717, 1.165) is 31.7 Å². The van der Waals surface area contributed by atoms with Gasteiger partial charge in [0.15, 0.2) is 0 Å². The lowest BCUT2D eigenvalue weighted by molar-refractivity contribution is 0.0176. The van der Waals surface area contributed by atoms with E-state index in [0.29, 0.717) is 0 Å². The molecule has 2 rings (SSSR count). The van der Waals surface area contributed by atoms with Gasteiger partial charge in [0.05, 0.1) is 12.7 Å². The van der Waals surface area contributed by atoms with Gasteiger partial charge in [-0.25, -0.2) is 4.39 Å². The molecular weight excluding hydrogens is 219 g/mol. The maximum absolute atomic E-state index is 12.9. The van der Waals surface area contributed by atoms with E-state index < -0.39 is 0 Å². The molecule has 1 fully saturated rings. The Balaban J connectivity index is 1.97. The summed E-state index contributed by atoms with van der Waals surface area (Å²) in [5.74, 6) is -0.195. The third kappa shape index (κ3) is 3.49. The fraction of sp³-hybridized carbons (Fsp3) is 0.538. The van der Waals surface area contributed by atoms with Crippen molar-refractivity contribution >= 4 is 0 Å². The molecular formula is C13H19FN2O. The molecule has 17 heavy (non-hydrogen) atoms. The Labute approximate surface area is 101 Å². The molecule has 0 radical (unpaired) electrons. The Hall–Kier alpha value is -0.970. The van der Waals surface area contributed by atoms with E-state index in [1.807, 2.05) is 19.2 Å². The number of nitrogens with one attached hydrogen (secondary N) is 2. The van der Waals surface area contributed by atoms with Crippen molar-refractivity contribution in [2.45, 2.75) is 18.6 Å². The third-order valence-electron chi connectivity index (χ3n) is 3.12. The summed E-state index contributed by atoms with van der Waals surface area (Å²) in [7, 11) is 1.92. The molecule has 2 atom stereocenters. The summed E-state index contributed by atoms with van der Waals surface area (Å²) in [6.45, 7) is 2.58. The Kier molecular flexibility index (Phi) is 4.48. The Morgan fingerprint density at radius 2 is 2.24 bits per heavy atom. The van der Waals surface area contributed by atoms with E-state index in [1.54, 1.807) is 0 Å². The van der Waals surface area contributed by atoms with Gasteiger partial charge in [0.25, 0.3) is 0 Å². The Morgan fingerprint density at radius 1 is 1.47 bits per heavy atom. The minimum absolute atomic E-state index is 0.195. The van der Waals surface area contributed by atoms with Crippen LogP contribution in [0.4, 0.5) is 4.39 Å². The molecule has 1 heterocycles. The molecule has 1 aliphatic rings. The van der Waals surface area contributed by atoms with Gasteiger partial charge in [0, 0.05) is 19.1 Å². The maximum atomic E-state index is 12.9. The number of morpholine rings is 1. The van der Waals surface area contributed by atoms with Crippen molar-refractivity contribution in [3.05, 3.63) is 35.6 Å². The molecule has 0 spiro atoms. The zero-order valence-electron chi connectivity index (χ0n) is 10.1. The summed E-state index contributed by atoms with van der Waals surface area (Å²) in [5.41, 5.74) is 1.10. The van der Waals surface area contributed by atoms with Gasteiger partial charge >= 0.3 is 0 Å². The number of benzene rings is 1. The lowest BCUT2D eigenvalue weighted by atomic mass is 10.00. The van der Waals surface area contributed by atoms with Crippen LogP contribution < -0.4 is 10.6 Å². The van der Waals surface area contributed by atoms with Crippen LogP contribution in [0.2, 0.25) is 0 Å². The molecule has 0 amide bonds. The number of rotatable bonds is 4. The highest BCUT2D eigenvalue weighted by Crippen LogP contribution is 2.20. The highest BCUT2D eigenvalue weighted by atomic mass is 19.1. The number of halogens is 1. The number of hydrogen-bond donors (Lipinski definition) is 2. The average Bonchev–Trinajstić information content (AvgIpc) is 2.38. The second-order valence-corrected chi connectivity index (χ2v) is 4.33. The topological polar surface area (TPSA) is 33.3 Å². The van der Waals surface area contributed by atoms with E-state index in [9.17, 15) is 4.39 Å². The molecule has 2 N–H and O–H groups in total. The molecule has 0 aromatic heterocycles. The summed E-state index contributed by atoms with van der Waals surface area (Å²) in [5, 5.41) is 6.57. The normalized spacial score (nSPS) is 22.4. The zero-order valence-corrected chi connectivity index (χ0v) is 10.1. The number of hydrogen-bond acceptors (Lipinski definition) is 3.